The smallest absolute Gasteiger partial charge is 0.258 e. The van der Waals surface area contributed by atoms with Crippen LogP contribution in [-0.2, 0) is 31.1 Å². The van der Waals surface area contributed by atoms with Crippen LogP contribution in [0.25, 0.3) is 22.5 Å². The summed E-state index contributed by atoms with van der Waals surface area (Å²) in [7, 11) is 0. The topological polar surface area (TPSA) is 73.6 Å². The van der Waals surface area contributed by atoms with E-state index in [4.69, 9.17) is 9.15 Å². The Kier molecular flexibility index (Phi) is 8.68. The third-order valence-corrected chi connectivity index (χ3v) is 9.15. The molecular formula is C37H28O5S2. The minimum absolute atomic E-state index is 0.0172. The zero-order valence-corrected chi connectivity index (χ0v) is 25.5. The lowest BCUT2D eigenvalue weighted by molar-refractivity contribution is -0.130. The van der Waals surface area contributed by atoms with Crippen molar-refractivity contribution in [2.45, 2.75) is 35.2 Å². The maximum absolute atomic E-state index is 12.9. The highest BCUT2D eigenvalue weighted by Crippen LogP contribution is 2.38. The van der Waals surface area contributed by atoms with Crippen molar-refractivity contribution in [3.8, 4) is 22.5 Å². The normalized spacial score (nSPS) is 15.9. The Morgan fingerprint density at radius 1 is 0.727 bits per heavy atom. The summed E-state index contributed by atoms with van der Waals surface area (Å²) in [5.41, 5.74) is 2.53. The molecule has 0 bridgehead atoms. The fourth-order valence-electron chi connectivity index (χ4n) is 4.96. The van der Waals surface area contributed by atoms with Crippen molar-refractivity contribution < 1.29 is 23.5 Å². The van der Waals surface area contributed by atoms with Gasteiger partial charge in [0.05, 0.1) is 0 Å². The molecule has 1 unspecified atom stereocenters. The first-order chi connectivity index (χ1) is 21.4. The number of ketones is 1. The zero-order chi connectivity index (χ0) is 30.5. The van der Waals surface area contributed by atoms with Crippen molar-refractivity contribution >= 4 is 39.5 Å². The average Bonchev–Trinajstić information content (AvgIpc) is 3.63. The number of rotatable bonds is 9. The Morgan fingerprint density at radius 2 is 1.30 bits per heavy atom. The number of carbonyl (C=O) groups excluding carboxylic acids is 3. The van der Waals surface area contributed by atoms with Gasteiger partial charge in [0, 0.05) is 45.4 Å². The van der Waals surface area contributed by atoms with Crippen LogP contribution >= 0.6 is 23.5 Å². The zero-order valence-electron chi connectivity index (χ0n) is 23.9. The maximum atomic E-state index is 12.9. The molecule has 0 spiro atoms. The minimum Gasteiger partial charge on any atom is -0.470 e. The number of aryl methyl sites for hydroxylation is 1. The molecule has 6 rings (SSSR count). The standard InChI is InChI=1S/C37H28O5S2/c1-37(27-15-9-4-10-16-27)33(38)24-32(42-37)36(40)44-30-20-18-29(19-21-30)43-34(39)22-17-28-23-31(25-11-5-2-6-12-25)35(41-28)26-13-7-3-8-14-26/h2-16,18-21,23-24H,17,22H2,1H3. The van der Waals surface area contributed by atoms with E-state index in [1.165, 1.54) is 6.08 Å². The van der Waals surface area contributed by atoms with E-state index in [9.17, 15) is 14.4 Å². The SMILES string of the molecule is CC1(c2ccccc2)OC(C(=O)Sc2ccc(SC(=O)CCc3cc(-c4ccccc4)c(-c4ccccc4)o3)cc2)=CC1=O. The van der Waals surface area contributed by atoms with Crippen LogP contribution in [0.3, 0.4) is 0 Å². The molecule has 0 aliphatic carbocycles. The maximum Gasteiger partial charge on any atom is 0.258 e. The van der Waals surface area contributed by atoms with Crippen LogP contribution < -0.4 is 0 Å². The average molecular weight is 617 g/mol. The van der Waals surface area contributed by atoms with Gasteiger partial charge in [0.15, 0.2) is 16.5 Å². The molecule has 1 aromatic heterocycles. The second kappa shape index (κ2) is 13.0. The highest BCUT2D eigenvalue weighted by Gasteiger charge is 2.43. The number of thioether (sulfide) groups is 2. The second-order valence-corrected chi connectivity index (χ2v) is 12.6. The van der Waals surface area contributed by atoms with Crippen LogP contribution in [-0.4, -0.2) is 16.0 Å². The molecule has 5 nitrogen and oxygen atoms in total. The van der Waals surface area contributed by atoms with Crippen LogP contribution in [0.2, 0.25) is 0 Å². The highest BCUT2D eigenvalue weighted by molar-refractivity contribution is 8.14. The molecule has 4 aromatic carbocycles. The Labute approximate surface area is 264 Å². The third kappa shape index (κ3) is 6.49. The van der Waals surface area contributed by atoms with Gasteiger partial charge in [-0.05, 0) is 54.6 Å². The molecule has 5 aromatic rings. The fraction of sp³-hybridized carbons (Fsp3) is 0.108. The van der Waals surface area contributed by atoms with E-state index >= 15 is 0 Å². The van der Waals surface area contributed by atoms with Gasteiger partial charge in [0.1, 0.15) is 11.5 Å². The summed E-state index contributed by atoms with van der Waals surface area (Å²) in [6.45, 7) is 1.67. The van der Waals surface area contributed by atoms with Gasteiger partial charge < -0.3 is 9.15 Å². The Balaban J connectivity index is 1.05. The van der Waals surface area contributed by atoms with E-state index in [-0.39, 0.29) is 21.8 Å². The van der Waals surface area contributed by atoms with Crippen LogP contribution in [0.1, 0.15) is 24.7 Å². The van der Waals surface area contributed by atoms with E-state index < -0.39 is 5.60 Å². The number of furan rings is 1. The van der Waals surface area contributed by atoms with Crippen molar-refractivity contribution in [2.24, 2.45) is 0 Å². The first-order valence-corrected chi connectivity index (χ1v) is 15.8. The van der Waals surface area contributed by atoms with Crippen molar-refractivity contribution in [3.05, 3.63) is 144 Å². The molecule has 0 fully saturated rings. The van der Waals surface area contributed by atoms with E-state index in [0.29, 0.717) is 23.3 Å². The third-order valence-electron chi connectivity index (χ3n) is 7.32. The molecule has 1 aliphatic rings. The van der Waals surface area contributed by atoms with Gasteiger partial charge >= 0.3 is 0 Å². The van der Waals surface area contributed by atoms with Crippen molar-refractivity contribution in [1.29, 1.82) is 0 Å². The number of hydrogen-bond donors (Lipinski definition) is 0. The first-order valence-electron chi connectivity index (χ1n) is 14.2. The van der Waals surface area contributed by atoms with E-state index in [0.717, 1.165) is 56.6 Å². The molecule has 2 heterocycles. The van der Waals surface area contributed by atoms with Crippen LogP contribution in [0, 0.1) is 0 Å². The molecule has 0 amide bonds. The minimum atomic E-state index is -1.21. The largest absolute Gasteiger partial charge is 0.470 e. The monoisotopic (exact) mass is 616 g/mol. The lowest BCUT2D eigenvalue weighted by atomic mass is 9.92. The van der Waals surface area contributed by atoms with Gasteiger partial charge in [-0.1, -0.05) is 103 Å². The summed E-state index contributed by atoms with van der Waals surface area (Å²) in [6.07, 6.45) is 2.07. The number of benzene rings is 4. The van der Waals surface area contributed by atoms with Crippen molar-refractivity contribution in [2.75, 3.05) is 0 Å². The lowest BCUT2D eigenvalue weighted by Gasteiger charge is -2.23. The van der Waals surface area contributed by atoms with Crippen LogP contribution in [0.4, 0.5) is 0 Å². The quantitative estimate of drug-likeness (QED) is 0.153. The van der Waals surface area contributed by atoms with Gasteiger partial charge in [0.25, 0.3) is 5.12 Å². The molecule has 0 saturated carbocycles. The fourth-order valence-corrected chi connectivity index (χ4v) is 6.38. The Bertz CT molecular complexity index is 1770. The number of carbonyl (C=O) groups is 3. The molecular weight excluding hydrogens is 589 g/mol. The molecule has 1 aliphatic heterocycles. The van der Waals surface area contributed by atoms with Crippen LogP contribution in [0.15, 0.2) is 147 Å². The molecule has 0 N–H and O–H groups in total. The van der Waals surface area contributed by atoms with Crippen molar-refractivity contribution in [3.63, 3.8) is 0 Å². The number of ether oxygens (including phenoxy) is 1. The summed E-state index contributed by atoms with van der Waals surface area (Å²) < 4.78 is 12.1. The van der Waals surface area contributed by atoms with Crippen molar-refractivity contribution in [1.82, 2.24) is 0 Å². The summed E-state index contributed by atoms with van der Waals surface area (Å²) in [6, 6.07) is 38.4. The van der Waals surface area contributed by atoms with Gasteiger partial charge in [0.2, 0.25) is 5.78 Å². The molecule has 44 heavy (non-hydrogen) atoms. The predicted octanol–water partition coefficient (Wildman–Crippen LogP) is 8.88. The van der Waals surface area contributed by atoms with Gasteiger partial charge in [-0.3, -0.25) is 14.4 Å². The summed E-state index contributed by atoms with van der Waals surface area (Å²) in [5, 5.41) is -0.332. The first kappa shape index (κ1) is 29.5. The Hall–Kier alpha value is -4.59. The highest BCUT2D eigenvalue weighted by atomic mass is 32.2. The predicted molar refractivity (Wildman–Crippen MR) is 174 cm³/mol. The summed E-state index contributed by atoms with van der Waals surface area (Å²) >= 11 is 2.14. The van der Waals surface area contributed by atoms with Gasteiger partial charge in [-0.2, -0.15) is 0 Å². The Morgan fingerprint density at radius 3 is 1.93 bits per heavy atom. The van der Waals surface area contributed by atoms with E-state index in [2.05, 4.69) is 12.1 Å². The lowest BCUT2D eigenvalue weighted by Crippen LogP contribution is -2.29. The second-order valence-electron chi connectivity index (χ2n) is 10.4. The van der Waals surface area contributed by atoms with E-state index in [1.54, 1.807) is 19.1 Å². The van der Waals surface area contributed by atoms with Gasteiger partial charge in [-0.15, -0.1) is 0 Å². The molecule has 0 radical (unpaired) electrons. The molecule has 0 saturated heterocycles. The molecule has 7 heteroatoms. The summed E-state index contributed by atoms with van der Waals surface area (Å²) in [5.74, 6) is 1.32. The molecule has 1 atom stereocenters. The number of hydrogen-bond acceptors (Lipinski definition) is 7. The van der Waals surface area contributed by atoms with Crippen LogP contribution in [0.5, 0.6) is 0 Å². The summed E-state index contributed by atoms with van der Waals surface area (Å²) in [4.78, 5) is 40.0. The molecule has 218 valence electrons. The van der Waals surface area contributed by atoms with Gasteiger partial charge in [-0.25, -0.2) is 0 Å². The van der Waals surface area contributed by atoms with E-state index in [1.807, 2.05) is 97.1 Å².